The van der Waals surface area contributed by atoms with Gasteiger partial charge in [0.2, 0.25) is 0 Å². The summed E-state index contributed by atoms with van der Waals surface area (Å²) in [6, 6.07) is 11.0. The number of rotatable bonds is 4. The Morgan fingerprint density at radius 3 is 2.39 bits per heavy atom. The van der Waals surface area contributed by atoms with Crippen LogP contribution >= 0.6 is 11.6 Å². The number of aryl methyl sites for hydroxylation is 1. The topological polar surface area (TPSA) is 75.3 Å². The fourth-order valence-electron chi connectivity index (χ4n) is 1.90. The SMILES string of the molecule is Cc1ccc(S(=O)(=O)CNC(=O)Nc2cccc(Cl)c2C)cc1. The first-order valence-corrected chi connectivity index (χ1v) is 8.92. The van der Waals surface area contributed by atoms with Crippen LogP contribution in [-0.4, -0.2) is 20.3 Å². The van der Waals surface area contributed by atoms with Crippen LogP contribution in [0.1, 0.15) is 11.1 Å². The van der Waals surface area contributed by atoms with Crippen molar-refractivity contribution in [3.05, 3.63) is 58.6 Å². The highest BCUT2D eigenvalue weighted by Gasteiger charge is 2.16. The molecule has 5 nitrogen and oxygen atoms in total. The molecule has 0 unspecified atom stereocenters. The fourth-order valence-corrected chi connectivity index (χ4v) is 3.11. The van der Waals surface area contributed by atoms with Crippen molar-refractivity contribution >= 4 is 33.2 Å². The van der Waals surface area contributed by atoms with E-state index >= 15 is 0 Å². The van der Waals surface area contributed by atoms with Gasteiger partial charge in [-0.2, -0.15) is 0 Å². The van der Waals surface area contributed by atoms with Crippen molar-refractivity contribution in [2.75, 3.05) is 11.2 Å². The predicted molar refractivity (Wildman–Crippen MR) is 91.6 cm³/mol. The second kappa shape index (κ2) is 7.02. The van der Waals surface area contributed by atoms with Gasteiger partial charge in [0.1, 0.15) is 5.88 Å². The Morgan fingerprint density at radius 2 is 1.74 bits per heavy atom. The zero-order valence-corrected chi connectivity index (χ0v) is 14.3. The zero-order valence-electron chi connectivity index (χ0n) is 12.8. The van der Waals surface area contributed by atoms with Crippen LogP contribution in [0.4, 0.5) is 10.5 Å². The number of halogens is 1. The molecule has 0 aliphatic carbocycles. The van der Waals surface area contributed by atoms with E-state index < -0.39 is 21.7 Å². The molecule has 2 aromatic carbocycles. The molecule has 0 bridgehead atoms. The number of carbonyl (C=O) groups is 1. The zero-order chi connectivity index (χ0) is 17.0. The Balaban J connectivity index is 2.01. The van der Waals surface area contributed by atoms with E-state index in [2.05, 4.69) is 10.6 Å². The molecule has 0 fully saturated rings. The summed E-state index contributed by atoms with van der Waals surface area (Å²) >= 11 is 5.97. The first-order valence-electron chi connectivity index (χ1n) is 6.89. The van der Waals surface area contributed by atoms with Crippen molar-refractivity contribution < 1.29 is 13.2 Å². The summed E-state index contributed by atoms with van der Waals surface area (Å²) in [6.07, 6.45) is 0. The lowest BCUT2D eigenvalue weighted by molar-refractivity contribution is 0.253. The van der Waals surface area contributed by atoms with Gasteiger partial charge in [-0.05, 0) is 43.7 Å². The molecular formula is C16H17ClN2O3S. The standard InChI is InChI=1S/C16H17ClN2O3S/c1-11-6-8-13(9-7-11)23(21,22)10-18-16(20)19-15-5-3-4-14(17)12(15)2/h3-9H,10H2,1-2H3,(H2,18,19,20). The van der Waals surface area contributed by atoms with E-state index in [0.717, 1.165) is 5.56 Å². The van der Waals surface area contributed by atoms with Gasteiger partial charge in [0.05, 0.1) is 4.90 Å². The molecule has 2 amide bonds. The van der Waals surface area contributed by atoms with Gasteiger partial charge in [0, 0.05) is 10.7 Å². The number of anilines is 1. The third kappa shape index (κ3) is 4.46. The molecule has 0 aromatic heterocycles. The van der Waals surface area contributed by atoms with Crippen LogP contribution in [-0.2, 0) is 9.84 Å². The first kappa shape index (κ1) is 17.3. The minimum absolute atomic E-state index is 0.169. The normalized spacial score (nSPS) is 11.1. The second-order valence-electron chi connectivity index (χ2n) is 5.12. The molecule has 2 rings (SSSR count). The number of nitrogens with one attached hydrogen (secondary N) is 2. The number of urea groups is 1. The van der Waals surface area contributed by atoms with E-state index in [1.807, 2.05) is 6.92 Å². The van der Waals surface area contributed by atoms with Crippen molar-refractivity contribution in [2.45, 2.75) is 18.7 Å². The maximum atomic E-state index is 12.2. The Kier molecular flexibility index (Phi) is 5.28. The van der Waals surface area contributed by atoms with Gasteiger partial charge in [-0.1, -0.05) is 35.4 Å². The van der Waals surface area contributed by atoms with Gasteiger partial charge in [0.25, 0.3) is 0 Å². The third-order valence-electron chi connectivity index (χ3n) is 3.32. The van der Waals surface area contributed by atoms with Crippen molar-refractivity contribution in [2.24, 2.45) is 0 Å². The lowest BCUT2D eigenvalue weighted by atomic mass is 10.2. The molecule has 0 saturated heterocycles. The van der Waals surface area contributed by atoms with Gasteiger partial charge in [-0.25, -0.2) is 13.2 Å². The summed E-state index contributed by atoms with van der Waals surface area (Å²) in [5.41, 5.74) is 2.21. The largest absolute Gasteiger partial charge is 0.323 e. The number of benzene rings is 2. The lowest BCUT2D eigenvalue weighted by Gasteiger charge is -2.11. The van der Waals surface area contributed by atoms with E-state index in [9.17, 15) is 13.2 Å². The summed E-state index contributed by atoms with van der Waals surface area (Å²) in [4.78, 5) is 12.0. The van der Waals surface area contributed by atoms with Crippen LogP contribution in [0.3, 0.4) is 0 Å². The smallest absolute Gasteiger partial charge is 0.320 e. The summed E-state index contributed by atoms with van der Waals surface area (Å²) in [6.45, 7) is 3.64. The molecule has 2 aromatic rings. The van der Waals surface area contributed by atoms with Gasteiger partial charge in [-0.3, -0.25) is 0 Å². The second-order valence-corrected chi connectivity index (χ2v) is 7.51. The van der Waals surface area contributed by atoms with Gasteiger partial charge in [0.15, 0.2) is 9.84 Å². The molecule has 0 heterocycles. The molecule has 0 spiro atoms. The Bertz CT molecular complexity index is 818. The molecule has 0 aliphatic rings. The molecule has 23 heavy (non-hydrogen) atoms. The highest BCUT2D eigenvalue weighted by Crippen LogP contribution is 2.22. The molecule has 0 saturated carbocycles. The number of hydrogen-bond acceptors (Lipinski definition) is 3. The minimum atomic E-state index is -3.58. The van der Waals surface area contributed by atoms with Gasteiger partial charge < -0.3 is 10.6 Å². The number of hydrogen-bond donors (Lipinski definition) is 2. The Labute approximate surface area is 140 Å². The number of amides is 2. The van der Waals surface area contributed by atoms with Crippen LogP contribution in [0, 0.1) is 13.8 Å². The fraction of sp³-hybridized carbons (Fsp3) is 0.188. The number of sulfone groups is 1. The Morgan fingerprint density at radius 1 is 1.09 bits per heavy atom. The lowest BCUT2D eigenvalue weighted by Crippen LogP contribution is -2.33. The van der Waals surface area contributed by atoms with E-state index in [1.54, 1.807) is 37.3 Å². The van der Waals surface area contributed by atoms with Crippen LogP contribution < -0.4 is 10.6 Å². The number of carbonyl (C=O) groups excluding carboxylic acids is 1. The monoisotopic (exact) mass is 352 g/mol. The van der Waals surface area contributed by atoms with Crippen LogP contribution in [0.2, 0.25) is 5.02 Å². The van der Waals surface area contributed by atoms with Crippen LogP contribution in [0.15, 0.2) is 47.4 Å². The summed E-state index contributed by atoms with van der Waals surface area (Å²) in [5, 5.41) is 5.46. The average Bonchev–Trinajstić information content (AvgIpc) is 2.50. The summed E-state index contributed by atoms with van der Waals surface area (Å²) < 4.78 is 24.3. The Hall–Kier alpha value is -2.05. The molecule has 7 heteroatoms. The third-order valence-corrected chi connectivity index (χ3v) is 5.24. The summed E-state index contributed by atoms with van der Waals surface area (Å²) in [7, 11) is -3.58. The average molecular weight is 353 g/mol. The maximum absolute atomic E-state index is 12.2. The van der Waals surface area contributed by atoms with Gasteiger partial charge in [-0.15, -0.1) is 0 Å². The van der Waals surface area contributed by atoms with E-state index in [0.29, 0.717) is 16.3 Å². The quantitative estimate of drug-likeness (QED) is 0.884. The minimum Gasteiger partial charge on any atom is -0.323 e. The first-order chi connectivity index (χ1) is 10.8. The molecule has 2 N–H and O–H groups in total. The molecule has 122 valence electrons. The predicted octanol–water partition coefficient (Wildman–Crippen LogP) is 3.51. The molecule has 0 radical (unpaired) electrons. The molecule has 0 aliphatic heterocycles. The van der Waals surface area contributed by atoms with Crippen LogP contribution in [0.25, 0.3) is 0 Å². The highest BCUT2D eigenvalue weighted by molar-refractivity contribution is 7.91. The summed E-state index contributed by atoms with van der Waals surface area (Å²) in [5.74, 6) is -0.485. The van der Waals surface area contributed by atoms with E-state index in [-0.39, 0.29) is 4.90 Å². The van der Waals surface area contributed by atoms with Crippen LogP contribution in [0.5, 0.6) is 0 Å². The van der Waals surface area contributed by atoms with Crippen molar-refractivity contribution in [3.63, 3.8) is 0 Å². The van der Waals surface area contributed by atoms with E-state index in [4.69, 9.17) is 11.6 Å². The molecular weight excluding hydrogens is 336 g/mol. The highest BCUT2D eigenvalue weighted by atomic mass is 35.5. The van der Waals surface area contributed by atoms with Crippen molar-refractivity contribution in [1.29, 1.82) is 0 Å². The maximum Gasteiger partial charge on any atom is 0.320 e. The van der Waals surface area contributed by atoms with E-state index in [1.165, 1.54) is 12.1 Å². The van der Waals surface area contributed by atoms with Crippen molar-refractivity contribution in [3.8, 4) is 0 Å². The van der Waals surface area contributed by atoms with Crippen molar-refractivity contribution in [1.82, 2.24) is 5.32 Å². The van der Waals surface area contributed by atoms with Gasteiger partial charge >= 0.3 is 6.03 Å². The molecule has 0 atom stereocenters.